The van der Waals surface area contributed by atoms with E-state index in [0.29, 0.717) is 10.9 Å². The first-order valence-electron chi connectivity index (χ1n) is 8.94. The van der Waals surface area contributed by atoms with Gasteiger partial charge in [-0.1, -0.05) is 43.3 Å². The van der Waals surface area contributed by atoms with Gasteiger partial charge in [-0.3, -0.25) is 9.59 Å². The molecule has 9 heteroatoms. The Morgan fingerprint density at radius 1 is 1.10 bits per heavy atom. The van der Waals surface area contributed by atoms with Crippen molar-refractivity contribution in [3.05, 3.63) is 64.4 Å². The van der Waals surface area contributed by atoms with Gasteiger partial charge < -0.3 is 20.3 Å². The molecular weight excluding hydrogens is 376 g/mol. The van der Waals surface area contributed by atoms with Gasteiger partial charge in [0.2, 0.25) is 5.91 Å². The van der Waals surface area contributed by atoms with Crippen molar-refractivity contribution in [3.63, 3.8) is 0 Å². The predicted molar refractivity (Wildman–Crippen MR) is 102 cm³/mol. The van der Waals surface area contributed by atoms with Crippen LogP contribution in [-0.2, 0) is 9.59 Å². The Kier molecular flexibility index (Phi) is 5.58. The van der Waals surface area contributed by atoms with E-state index in [2.05, 4.69) is 15.6 Å². The summed E-state index contributed by atoms with van der Waals surface area (Å²) >= 11 is 0. The predicted octanol–water partition coefficient (Wildman–Crippen LogP) is 0.302. The van der Waals surface area contributed by atoms with Crippen LogP contribution in [0, 0.1) is 5.92 Å². The van der Waals surface area contributed by atoms with Crippen LogP contribution in [-0.4, -0.2) is 32.0 Å². The van der Waals surface area contributed by atoms with E-state index in [1.807, 2.05) is 0 Å². The Bertz CT molecular complexity index is 1110. The van der Waals surface area contributed by atoms with Crippen molar-refractivity contribution < 1.29 is 19.8 Å². The van der Waals surface area contributed by atoms with E-state index in [0.717, 1.165) is 4.68 Å². The van der Waals surface area contributed by atoms with Gasteiger partial charge in [0.05, 0.1) is 17.4 Å². The number of aliphatic carboxylic acids is 1. The molecule has 0 aliphatic rings. The van der Waals surface area contributed by atoms with E-state index < -0.39 is 29.5 Å². The number of carboxylic acid groups (broad SMARTS) is 1. The molecule has 2 atom stereocenters. The van der Waals surface area contributed by atoms with Gasteiger partial charge in [0.1, 0.15) is 17.3 Å². The van der Waals surface area contributed by atoms with Crippen molar-refractivity contribution in [2.24, 2.45) is 5.92 Å². The fraction of sp³-hybridized carbons (Fsp3) is 0.250. The lowest BCUT2D eigenvalue weighted by atomic mass is 10.0. The Hall–Kier alpha value is -3.75. The number of aromatic nitrogens is 3. The van der Waals surface area contributed by atoms with Crippen molar-refractivity contribution in [2.45, 2.75) is 25.9 Å². The number of benzene rings is 2. The molecule has 3 rings (SSSR count). The van der Waals surface area contributed by atoms with Crippen LogP contribution < -0.4 is 16.0 Å². The zero-order valence-corrected chi connectivity index (χ0v) is 15.8. The van der Waals surface area contributed by atoms with E-state index in [9.17, 15) is 24.6 Å². The third kappa shape index (κ3) is 4.08. The zero-order chi connectivity index (χ0) is 21.1. The molecule has 2 aromatic carbocycles. The SMILES string of the molecule is CC(C)[C@H](C(=O)N[C@@H](C(=O)[O-])c1ccc(O)cc1)n1nnc2ccccc2c1=O. The van der Waals surface area contributed by atoms with Crippen LogP contribution in [0.4, 0.5) is 0 Å². The van der Waals surface area contributed by atoms with Crippen LogP contribution >= 0.6 is 0 Å². The minimum absolute atomic E-state index is 0.0461. The molecule has 0 radical (unpaired) electrons. The molecule has 0 saturated heterocycles. The maximum atomic E-state index is 12.9. The molecule has 1 amide bonds. The molecule has 0 saturated carbocycles. The Morgan fingerprint density at radius 3 is 2.38 bits per heavy atom. The van der Waals surface area contributed by atoms with Gasteiger partial charge in [-0.25, -0.2) is 0 Å². The molecule has 0 aliphatic heterocycles. The highest BCUT2D eigenvalue weighted by molar-refractivity contribution is 5.86. The number of carbonyl (C=O) groups excluding carboxylic acids is 2. The van der Waals surface area contributed by atoms with Gasteiger partial charge in [0.15, 0.2) is 0 Å². The fourth-order valence-corrected chi connectivity index (χ4v) is 3.05. The van der Waals surface area contributed by atoms with Gasteiger partial charge in [-0.15, -0.1) is 5.10 Å². The smallest absolute Gasteiger partial charge is 0.278 e. The number of nitrogens with one attached hydrogen (secondary N) is 1. The number of fused-ring (bicyclic) bond motifs is 1. The van der Waals surface area contributed by atoms with Gasteiger partial charge in [-0.05, 0) is 35.7 Å². The number of amides is 1. The number of aromatic hydroxyl groups is 1. The van der Waals surface area contributed by atoms with Crippen molar-refractivity contribution in [3.8, 4) is 5.75 Å². The van der Waals surface area contributed by atoms with Crippen molar-refractivity contribution in [2.75, 3.05) is 0 Å². The topological polar surface area (TPSA) is 137 Å². The summed E-state index contributed by atoms with van der Waals surface area (Å²) < 4.78 is 0.964. The molecule has 2 N–H and O–H groups in total. The molecule has 150 valence electrons. The second-order valence-electron chi connectivity index (χ2n) is 6.90. The second-order valence-corrected chi connectivity index (χ2v) is 6.90. The highest BCUT2D eigenvalue weighted by atomic mass is 16.4. The number of phenols is 1. The monoisotopic (exact) mass is 395 g/mol. The maximum absolute atomic E-state index is 12.9. The van der Waals surface area contributed by atoms with E-state index >= 15 is 0 Å². The molecule has 3 aromatic rings. The summed E-state index contributed by atoms with van der Waals surface area (Å²) in [4.78, 5) is 37.4. The summed E-state index contributed by atoms with van der Waals surface area (Å²) in [6, 6.07) is 9.39. The third-order valence-corrected chi connectivity index (χ3v) is 4.50. The number of phenolic OH excluding ortho intramolecular Hbond substituents is 1. The third-order valence-electron chi connectivity index (χ3n) is 4.50. The Labute approximate surface area is 165 Å². The van der Waals surface area contributed by atoms with Crippen LogP contribution in [0.15, 0.2) is 53.3 Å². The summed E-state index contributed by atoms with van der Waals surface area (Å²) in [5, 5.41) is 31.6. The molecule has 1 heterocycles. The Balaban J connectivity index is 1.98. The minimum atomic E-state index is -1.52. The summed E-state index contributed by atoms with van der Waals surface area (Å²) in [6.07, 6.45) is 0. The highest BCUT2D eigenvalue weighted by Crippen LogP contribution is 2.21. The highest BCUT2D eigenvalue weighted by Gasteiger charge is 2.29. The molecule has 9 nitrogen and oxygen atoms in total. The average Bonchev–Trinajstić information content (AvgIpc) is 2.68. The first-order valence-corrected chi connectivity index (χ1v) is 8.94. The standard InChI is InChI=1S/C20H20N4O5/c1-11(2)17(24-19(27)14-5-3-4-6-15(14)22-23-24)18(26)21-16(20(28)29)12-7-9-13(25)10-8-12/h3-11,16-17,25H,1-2H3,(H,21,26)(H,28,29)/p-1/t16-,17-/m1/s1. The van der Waals surface area contributed by atoms with E-state index in [1.165, 1.54) is 24.3 Å². The average molecular weight is 395 g/mol. The number of carboxylic acids is 1. The van der Waals surface area contributed by atoms with Crippen LogP contribution in [0.5, 0.6) is 5.75 Å². The molecule has 0 fully saturated rings. The quantitative estimate of drug-likeness (QED) is 0.612. The van der Waals surface area contributed by atoms with Crippen molar-refractivity contribution in [1.29, 1.82) is 0 Å². The van der Waals surface area contributed by atoms with Gasteiger partial charge in [0.25, 0.3) is 5.56 Å². The minimum Gasteiger partial charge on any atom is -0.548 e. The summed E-state index contributed by atoms with van der Waals surface area (Å²) in [5.74, 6) is -2.67. The van der Waals surface area contributed by atoms with Gasteiger partial charge >= 0.3 is 0 Å². The summed E-state index contributed by atoms with van der Waals surface area (Å²) in [6.45, 7) is 3.42. The molecule has 0 bridgehead atoms. The number of carbonyl (C=O) groups is 2. The maximum Gasteiger partial charge on any atom is 0.278 e. The molecule has 29 heavy (non-hydrogen) atoms. The first-order chi connectivity index (χ1) is 13.8. The van der Waals surface area contributed by atoms with Gasteiger partial charge in [0, 0.05) is 0 Å². The fourth-order valence-electron chi connectivity index (χ4n) is 3.05. The summed E-state index contributed by atoms with van der Waals surface area (Å²) in [7, 11) is 0. The van der Waals surface area contributed by atoms with Crippen LogP contribution in [0.25, 0.3) is 10.9 Å². The lowest BCUT2D eigenvalue weighted by molar-refractivity contribution is -0.308. The van der Waals surface area contributed by atoms with Crippen molar-refractivity contribution >= 4 is 22.8 Å². The van der Waals surface area contributed by atoms with Crippen molar-refractivity contribution in [1.82, 2.24) is 20.3 Å². The number of hydrogen-bond acceptors (Lipinski definition) is 7. The first kappa shape index (κ1) is 20.0. The number of rotatable bonds is 6. The molecule has 0 aliphatic carbocycles. The van der Waals surface area contributed by atoms with Crippen LogP contribution in [0.2, 0.25) is 0 Å². The molecular formula is C20H19N4O5-. The lowest BCUT2D eigenvalue weighted by Gasteiger charge is -2.26. The van der Waals surface area contributed by atoms with Crippen LogP contribution in [0.3, 0.4) is 0 Å². The normalized spacial score (nSPS) is 13.2. The molecule has 1 aromatic heterocycles. The summed E-state index contributed by atoms with van der Waals surface area (Å²) in [5.41, 5.74) is 0.114. The van der Waals surface area contributed by atoms with Crippen LogP contribution in [0.1, 0.15) is 31.5 Å². The number of hydrogen-bond donors (Lipinski definition) is 2. The lowest BCUT2D eigenvalue weighted by Crippen LogP contribution is -2.47. The van der Waals surface area contributed by atoms with E-state index in [1.54, 1.807) is 38.1 Å². The molecule has 0 spiro atoms. The Morgan fingerprint density at radius 2 is 1.76 bits per heavy atom. The van der Waals surface area contributed by atoms with Gasteiger partial charge in [-0.2, -0.15) is 4.68 Å². The van der Waals surface area contributed by atoms with E-state index in [4.69, 9.17) is 0 Å². The largest absolute Gasteiger partial charge is 0.548 e. The zero-order valence-electron chi connectivity index (χ0n) is 15.8. The second kappa shape index (κ2) is 8.09. The molecule has 0 unspecified atom stereocenters. The number of nitrogens with zero attached hydrogens (tertiary/aromatic N) is 3. The van der Waals surface area contributed by atoms with E-state index in [-0.39, 0.29) is 17.2 Å².